The molecule has 2 fully saturated rings. The average Bonchev–Trinajstić information content (AvgIpc) is 3.23. The van der Waals surface area contributed by atoms with Gasteiger partial charge in [0.25, 0.3) is 5.91 Å². The third kappa shape index (κ3) is 4.35. The van der Waals surface area contributed by atoms with Gasteiger partial charge in [0.05, 0.1) is 12.4 Å². The zero-order chi connectivity index (χ0) is 19.6. The lowest BCUT2D eigenvalue weighted by atomic mass is 10.1. The molecule has 150 valence electrons. The maximum Gasteiger partial charge on any atom is 0.255 e. The lowest BCUT2D eigenvalue weighted by molar-refractivity contribution is -0.164. The van der Waals surface area contributed by atoms with Gasteiger partial charge in [-0.05, 0) is 30.5 Å². The molecular weight excluding hydrogens is 380 g/mol. The molecule has 2 aliphatic heterocycles. The molecule has 4 rings (SSSR count). The molecule has 7 nitrogen and oxygen atoms in total. The molecule has 3 aliphatic rings. The van der Waals surface area contributed by atoms with Gasteiger partial charge in [-0.3, -0.25) is 4.79 Å². The van der Waals surface area contributed by atoms with E-state index in [1.807, 2.05) is 24.3 Å². The second-order valence-corrected chi connectivity index (χ2v) is 9.18. The Hall–Kier alpha value is -2.00. The number of hydrogen-bond acceptors (Lipinski definition) is 5. The van der Waals surface area contributed by atoms with Crippen LogP contribution in [0.25, 0.3) is 0 Å². The summed E-state index contributed by atoms with van der Waals surface area (Å²) in [6.07, 6.45) is 8.21. The molecule has 2 heterocycles. The van der Waals surface area contributed by atoms with Crippen LogP contribution in [-0.4, -0.2) is 56.6 Å². The highest BCUT2D eigenvalue weighted by atomic mass is 32.2. The summed E-state index contributed by atoms with van der Waals surface area (Å²) < 4.78 is 38.1. The molecule has 0 unspecified atom stereocenters. The van der Waals surface area contributed by atoms with Gasteiger partial charge in [-0.25, -0.2) is 12.7 Å². The fourth-order valence-electron chi connectivity index (χ4n) is 3.63. The highest BCUT2D eigenvalue weighted by molar-refractivity contribution is 7.88. The molecule has 1 amide bonds. The van der Waals surface area contributed by atoms with Crippen molar-refractivity contribution < 1.29 is 22.7 Å². The molecule has 28 heavy (non-hydrogen) atoms. The Morgan fingerprint density at radius 3 is 2.68 bits per heavy atom. The predicted octanol–water partition coefficient (Wildman–Crippen LogP) is 1.83. The molecule has 0 radical (unpaired) electrons. The Morgan fingerprint density at radius 1 is 1.14 bits per heavy atom. The highest BCUT2D eigenvalue weighted by Gasteiger charge is 2.34. The van der Waals surface area contributed by atoms with Crippen molar-refractivity contribution in [3.05, 3.63) is 54.1 Å². The van der Waals surface area contributed by atoms with Crippen molar-refractivity contribution in [1.29, 1.82) is 0 Å². The summed E-state index contributed by atoms with van der Waals surface area (Å²) in [5.41, 5.74) is 1.19. The van der Waals surface area contributed by atoms with Crippen molar-refractivity contribution in [1.82, 2.24) is 4.31 Å². The molecule has 3 atom stereocenters. The third-order valence-electron chi connectivity index (χ3n) is 5.09. The number of amides is 1. The summed E-state index contributed by atoms with van der Waals surface area (Å²) in [6, 6.07) is 6.93. The second kappa shape index (κ2) is 8.16. The van der Waals surface area contributed by atoms with Crippen molar-refractivity contribution in [3.8, 4) is 0 Å². The Balaban J connectivity index is 1.38. The van der Waals surface area contributed by atoms with Crippen LogP contribution in [0.1, 0.15) is 18.4 Å². The Kier molecular flexibility index (Phi) is 5.63. The summed E-state index contributed by atoms with van der Waals surface area (Å²) in [5.74, 6) is -0.373. The van der Waals surface area contributed by atoms with Crippen LogP contribution in [0.3, 0.4) is 0 Å². The lowest BCUT2D eigenvalue weighted by Crippen LogP contribution is -2.47. The lowest BCUT2D eigenvalue weighted by Gasteiger charge is -2.34. The van der Waals surface area contributed by atoms with E-state index >= 15 is 0 Å². The van der Waals surface area contributed by atoms with Crippen molar-refractivity contribution in [2.45, 2.75) is 36.9 Å². The highest BCUT2D eigenvalue weighted by Crippen LogP contribution is 2.22. The summed E-state index contributed by atoms with van der Waals surface area (Å²) in [6.45, 7) is 1.35. The number of carbonyl (C=O) groups excluding carboxylic acids is 1. The van der Waals surface area contributed by atoms with Gasteiger partial charge in [0, 0.05) is 18.8 Å². The maximum absolute atomic E-state index is 12.6. The number of ether oxygens (including phenoxy) is 2. The van der Waals surface area contributed by atoms with Gasteiger partial charge >= 0.3 is 0 Å². The Morgan fingerprint density at radius 2 is 1.89 bits per heavy atom. The quantitative estimate of drug-likeness (QED) is 0.809. The van der Waals surface area contributed by atoms with Crippen LogP contribution in [0.4, 0.5) is 5.69 Å². The Bertz CT molecular complexity index is 890. The standard InChI is InChI=1S/C20H24N2O5S/c23-20(19-13-26-17-8-1-2-9-18(17)27-19)21-16-7-5-6-15(12-16)14-28(24,25)22-10-3-4-11-22/h1-2,5-9,12,17-19H,3-4,10-11,13-14H2,(H,21,23)/t17-,18+,19+/m1/s1. The summed E-state index contributed by atoms with van der Waals surface area (Å²) in [7, 11) is -3.33. The SMILES string of the molecule is O=C(Nc1cccc(CS(=O)(=O)N2CCCC2)c1)[C@@H]1CO[C@@H]2C=CC=C[C@@H]2O1. The van der Waals surface area contributed by atoms with Crippen LogP contribution in [0.2, 0.25) is 0 Å². The molecular formula is C20H24N2O5S. The van der Waals surface area contributed by atoms with Gasteiger partial charge < -0.3 is 14.8 Å². The first-order chi connectivity index (χ1) is 13.5. The fraction of sp³-hybridized carbons (Fsp3) is 0.450. The molecule has 8 heteroatoms. The molecule has 0 aromatic heterocycles. The molecule has 1 N–H and O–H groups in total. The van der Waals surface area contributed by atoms with E-state index in [-0.39, 0.29) is 30.5 Å². The minimum absolute atomic E-state index is 0.0688. The minimum Gasteiger partial charge on any atom is -0.368 e. The number of hydrogen-bond donors (Lipinski definition) is 1. The first kappa shape index (κ1) is 19.3. The smallest absolute Gasteiger partial charge is 0.255 e. The molecule has 1 aliphatic carbocycles. The number of carbonyl (C=O) groups is 1. The van der Waals surface area contributed by atoms with Gasteiger partial charge in [-0.1, -0.05) is 36.4 Å². The summed E-state index contributed by atoms with van der Waals surface area (Å²) in [5, 5.41) is 2.81. The molecule has 1 aromatic rings. The van der Waals surface area contributed by atoms with Gasteiger partial charge in [0.2, 0.25) is 10.0 Å². The molecule has 0 saturated carbocycles. The van der Waals surface area contributed by atoms with E-state index in [1.165, 1.54) is 4.31 Å². The van der Waals surface area contributed by atoms with Crippen LogP contribution in [0, 0.1) is 0 Å². The molecule has 0 bridgehead atoms. The van der Waals surface area contributed by atoms with Gasteiger partial charge in [-0.15, -0.1) is 0 Å². The fourth-order valence-corrected chi connectivity index (χ4v) is 5.23. The first-order valence-corrected chi connectivity index (χ1v) is 11.1. The van der Waals surface area contributed by atoms with Crippen LogP contribution in [0.15, 0.2) is 48.6 Å². The predicted molar refractivity (Wildman–Crippen MR) is 105 cm³/mol. The second-order valence-electron chi connectivity index (χ2n) is 7.21. The van der Waals surface area contributed by atoms with Gasteiger partial charge in [0.1, 0.15) is 12.2 Å². The van der Waals surface area contributed by atoms with E-state index in [0.717, 1.165) is 12.8 Å². The van der Waals surface area contributed by atoms with Crippen molar-refractivity contribution in [3.63, 3.8) is 0 Å². The van der Waals surface area contributed by atoms with Crippen LogP contribution < -0.4 is 5.32 Å². The van der Waals surface area contributed by atoms with Gasteiger partial charge in [0.15, 0.2) is 6.10 Å². The zero-order valence-electron chi connectivity index (χ0n) is 15.5. The van der Waals surface area contributed by atoms with Crippen molar-refractivity contribution in [2.24, 2.45) is 0 Å². The van der Waals surface area contributed by atoms with Crippen LogP contribution in [-0.2, 0) is 30.0 Å². The number of rotatable bonds is 5. The summed E-state index contributed by atoms with van der Waals surface area (Å²) in [4.78, 5) is 12.6. The number of sulfonamides is 1. The molecule has 2 saturated heterocycles. The third-order valence-corrected chi connectivity index (χ3v) is 6.94. The average molecular weight is 404 g/mol. The maximum atomic E-state index is 12.6. The molecule has 1 aromatic carbocycles. The van der Waals surface area contributed by atoms with E-state index in [1.54, 1.807) is 24.3 Å². The normalized spacial score (nSPS) is 27.5. The number of fused-ring (bicyclic) bond motifs is 1. The van der Waals surface area contributed by atoms with Crippen molar-refractivity contribution in [2.75, 3.05) is 25.0 Å². The van der Waals surface area contributed by atoms with E-state index in [0.29, 0.717) is 24.3 Å². The van der Waals surface area contributed by atoms with Crippen molar-refractivity contribution >= 4 is 21.6 Å². The topological polar surface area (TPSA) is 84.9 Å². The van der Waals surface area contributed by atoms with E-state index in [9.17, 15) is 13.2 Å². The summed E-state index contributed by atoms with van der Waals surface area (Å²) >= 11 is 0. The number of allylic oxidation sites excluding steroid dienone is 2. The van der Waals surface area contributed by atoms with E-state index < -0.39 is 16.1 Å². The van der Waals surface area contributed by atoms with Crippen LogP contribution in [0.5, 0.6) is 0 Å². The number of nitrogens with zero attached hydrogens (tertiary/aromatic N) is 1. The monoisotopic (exact) mass is 404 g/mol. The largest absolute Gasteiger partial charge is 0.368 e. The number of benzene rings is 1. The van der Waals surface area contributed by atoms with Gasteiger partial charge in [-0.2, -0.15) is 0 Å². The first-order valence-electron chi connectivity index (χ1n) is 9.51. The Labute approximate surface area is 165 Å². The minimum atomic E-state index is -3.33. The number of nitrogens with one attached hydrogen (secondary N) is 1. The van der Waals surface area contributed by atoms with E-state index in [4.69, 9.17) is 9.47 Å². The van der Waals surface area contributed by atoms with Crippen LogP contribution >= 0.6 is 0 Å². The number of anilines is 1. The van der Waals surface area contributed by atoms with E-state index in [2.05, 4.69) is 5.32 Å². The molecule has 0 spiro atoms. The zero-order valence-corrected chi connectivity index (χ0v) is 16.3.